The molecule has 1 aromatic carbocycles. The summed E-state index contributed by atoms with van der Waals surface area (Å²) in [4.78, 5) is 23.5. The Morgan fingerprint density at radius 3 is 2.63 bits per heavy atom. The minimum atomic E-state index is -0.391. The molecule has 2 amide bonds. The van der Waals surface area contributed by atoms with Crippen LogP contribution in [0.2, 0.25) is 0 Å². The number of ether oxygens (including phenoxy) is 1. The number of carbonyl (C=O) groups excluding carboxylic acids is 2. The summed E-state index contributed by atoms with van der Waals surface area (Å²) in [5.41, 5.74) is 5.95. The number of rotatable bonds is 4. The molecule has 5 heteroatoms. The van der Waals surface area contributed by atoms with Crippen molar-refractivity contribution in [3.8, 4) is 5.75 Å². The number of nitrogens with one attached hydrogen (secondary N) is 1. The molecule has 0 bridgehead atoms. The molecular formula is C14H18N2O3. The van der Waals surface area contributed by atoms with Crippen molar-refractivity contribution >= 4 is 17.5 Å². The highest BCUT2D eigenvalue weighted by Crippen LogP contribution is 2.33. The van der Waals surface area contributed by atoms with Gasteiger partial charge >= 0.3 is 0 Å². The Hall–Kier alpha value is -2.04. The van der Waals surface area contributed by atoms with Crippen LogP contribution in [0, 0.1) is 11.8 Å². The molecule has 2 rings (SSSR count). The molecule has 3 N–H and O–H groups in total. The van der Waals surface area contributed by atoms with Gasteiger partial charge in [-0.2, -0.15) is 0 Å². The summed E-state index contributed by atoms with van der Waals surface area (Å²) < 4.78 is 5.18. The van der Waals surface area contributed by atoms with Gasteiger partial charge in [0, 0.05) is 11.8 Å². The van der Waals surface area contributed by atoms with E-state index in [1.165, 1.54) is 0 Å². The SMILES string of the molecule is COc1ccccc1NC(=O)[C@H]1CCC[C@H]1C(N)=O. The molecule has 2 atom stereocenters. The molecule has 0 saturated heterocycles. The fourth-order valence-electron chi connectivity index (χ4n) is 2.59. The summed E-state index contributed by atoms with van der Waals surface area (Å²) in [7, 11) is 1.55. The zero-order chi connectivity index (χ0) is 13.8. The van der Waals surface area contributed by atoms with Gasteiger partial charge in [0.2, 0.25) is 11.8 Å². The van der Waals surface area contributed by atoms with Crippen LogP contribution < -0.4 is 15.8 Å². The highest BCUT2D eigenvalue weighted by molar-refractivity contribution is 5.97. The summed E-state index contributed by atoms with van der Waals surface area (Å²) in [6.07, 6.45) is 2.26. The van der Waals surface area contributed by atoms with Crippen LogP contribution in [-0.2, 0) is 9.59 Å². The lowest BCUT2D eigenvalue weighted by atomic mass is 9.94. The van der Waals surface area contributed by atoms with E-state index in [1.807, 2.05) is 12.1 Å². The Labute approximate surface area is 112 Å². The monoisotopic (exact) mass is 262 g/mol. The second-order valence-corrected chi connectivity index (χ2v) is 4.74. The molecule has 5 nitrogen and oxygen atoms in total. The summed E-state index contributed by atoms with van der Waals surface area (Å²) in [5.74, 6) is -0.634. The van der Waals surface area contributed by atoms with Crippen molar-refractivity contribution < 1.29 is 14.3 Å². The van der Waals surface area contributed by atoms with Gasteiger partial charge in [-0.25, -0.2) is 0 Å². The highest BCUT2D eigenvalue weighted by atomic mass is 16.5. The third-order valence-electron chi connectivity index (χ3n) is 3.58. The van der Waals surface area contributed by atoms with Crippen LogP contribution in [0.4, 0.5) is 5.69 Å². The molecule has 0 spiro atoms. The molecule has 1 saturated carbocycles. The molecule has 1 aromatic rings. The second kappa shape index (κ2) is 5.73. The first-order valence-corrected chi connectivity index (χ1v) is 6.36. The van der Waals surface area contributed by atoms with Gasteiger partial charge in [-0.3, -0.25) is 9.59 Å². The average molecular weight is 262 g/mol. The van der Waals surface area contributed by atoms with E-state index >= 15 is 0 Å². The average Bonchev–Trinajstić information content (AvgIpc) is 2.88. The van der Waals surface area contributed by atoms with E-state index in [0.29, 0.717) is 24.3 Å². The molecule has 0 radical (unpaired) electrons. The van der Waals surface area contributed by atoms with Crippen LogP contribution in [0.1, 0.15) is 19.3 Å². The summed E-state index contributed by atoms with van der Waals surface area (Å²) in [6, 6.07) is 7.19. The lowest BCUT2D eigenvalue weighted by molar-refractivity contribution is -0.129. The summed E-state index contributed by atoms with van der Waals surface area (Å²) in [6.45, 7) is 0. The Balaban J connectivity index is 2.10. The maximum Gasteiger partial charge on any atom is 0.228 e. The number of para-hydroxylation sites is 2. The van der Waals surface area contributed by atoms with Crippen molar-refractivity contribution in [1.29, 1.82) is 0 Å². The largest absolute Gasteiger partial charge is 0.495 e. The van der Waals surface area contributed by atoms with Gasteiger partial charge in [0.1, 0.15) is 5.75 Å². The lowest BCUT2D eigenvalue weighted by Crippen LogP contribution is -2.33. The molecule has 102 valence electrons. The molecular weight excluding hydrogens is 244 g/mol. The summed E-state index contributed by atoms with van der Waals surface area (Å²) in [5, 5.41) is 2.82. The molecule has 0 aliphatic heterocycles. The molecule has 0 unspecified atom stereocenters. The fourth-order valence-corrected chi connectivity index (χ4v) is 2.59. The maximum atomic E-state index is 12.2. The molecule has 0 aromatic heterocycles. The molecule has 19 heavy (non-hydrogen) atoms. The Bertz CT molecular complexity index is 487. The van der Waals surface area contributed by atoms with E-state index in [0.717, 1.165) is 6.42 Å². The predicted molar refractivity (Wildman–Crippen MR) is 71.6 cm³/mol. The highest BCUT2D eigenvalue weighted by Gasteiger charge is 2.36. The smallest absolute Gasteiger partial charge is 0.228 e. The van der Waals surface area contributed by atoms with Gasteiger partial charge in [-0.05, 0) is 25.0 Å². The first-order chi connectivity index (χ1) is 9.13. The zero-order valence-electron chi connectivity index (χ0n) is 10.9. The van der Waals surface area contributed by atoms with Crippen LogP contribution in [0.15, 0.2) is 24.3 Å². The molecule has 0 heterocycles. The van der Waals surface area contributed by atoms with Crippen molar-refractivity contribution in [2.75, 3.05) is 12.4 Å². The number of carbonyl (C=O) groups is 2. The minimum absolute atomic E-state index is 0.161. The second-order valence-electron chi connectivity index (χ2n) is 4.74. The van der Waals surface area contributed by atoms with Crippen molar-refractivity contribution in [1.82, 2.24) is 0 Å². The zero-order valence-corrected chi connectivity index (χ0v) is 10.9. The van der Waals surface area contributed by atoms with E-state index in [9.17, 15) is 9.59 Å². The van der Waals surface area contributed by atoms with E-state index in [-0.39, 0.29) is 17.7 Å². The van der Waals surface area contributed by atoms with Crippen molar-refractivity contribution in [2.24, 2.45) is 17.6 Å². The Morgan fingerprint density at radius 1 is 1.26 bits per heavy atom. The number of hydrogen-bond acceptors (Lipinski definition) is 3. The van der Waals surface area contributed by atoms with Crippen molar-refractivity contribution in [3.05, 3.63) is 24.3 Å². The number of amides is 2. The minimum Gasteiger partial charge on any atom is -0.495 e. The third kappa shape index (κ3) is 2.86. The van der Waals surface area contributed by atoms with Crippen molar-refractivity contribution in [3.63, 3.8) is 0 Å². The van der Waals surface area contributed by atoms with Crippen LogP contribution in [-0.4, -0.2) is 18.9 Å². The van der Waals surface area contributed by atoms with Crippen LogP contribution in [0.5, 0.6) is 5.75 Å². The van der Waals surface area contributed by atoms with Gasteiger partial charge in [0.25, 0.3) is 0 Å². The predicted octanol–water partition coefficient (Wildman–Crippen LogP) is 1.54. The van der Waals surface area contributed by atoms with Crippen LogP contribution >= 0.6 is 0 Å². The fraction of sp³-hybridized carbons (Fsp3) is 0.429. The first-order valence-electron chi connectivity index (χ1n) is 6.36. The topological polar surface area (TPSA) is 81.4 Å². The van der Waals surface area contributed by atoms with Gasteiger partial charge in [-0.1, -0.05) is 18.6 Å². The van der Waals surface area contributed by atoms with Gasteiger partial charge in [-0.15, -0.1) is 0 Å². The summed E-state index contributed by atoms with van der Waals surface area (Å²) >= 11 is 0. The molecule has 1 aliphatic rings. The number of hydrogen-bond donors (Lipinski definition) is 2. The number of methoxy groups -OCH3 is 1. The normalized spacial score (nSPS) is 21.9. The van der Waals surface area contributed by atoms with Crippen LogP contribution in [0.3, 0.4) is 0 Å². The first kappa shape index (κ1) is 13.4. The number of primary amides is 1. The Kier molecular flexibility index (Phi) is 4.04. The quantitative estimate of drug-likeness (QED) is 0.863. The van der Waals surface area contributed by atoms with E-state index in [2.05, 4.69) is 5.32 Å². The lowest BCUT2D eigenvalue weighted by Gasteiger charge is -2.17. The number of nitrogens with two attached hydrogens (primary N) is 1. The maximum absolute atomic E-state index is 12.2. The van der Waals surface area contributed by atoms with E-state index in [4.69, 9.17) is 10.5 Å². The van der Waals surface area contributed by atoms with Crippen LogP contribution in [0.25, 0.3) is 0 Å². The molecule has 1 fully saturated rings. The Morgan fingerprint density at radius 2 is 1.95 bits per heavy atom. The van der Waals surface area contributed by atoms with Gasteiger partial charge in [0.15, 0.2) is 0 Å². The standard InChI is InChI=1S/C14H18N2O3/c1-19-12-8-3-2-7-11(12)16-14(18)10-6-4-5-9(10)13(15)17/h2-3,7-10H,4-6H2,1H3,(H2,15,17)(H,16,18)/t9-,10+/m1/s1. The number of benzene rings is 1. The van der Waals surface area contributed by atoms with Crippen molar-refractivity contribution in [2.45, 2.75) is 19.3 Å². The van der Waals surface area contributed by atoms with E-state index < -0.39 is 5.91 Å². The van der Waals surface area contributed by atoms with Gasteiger partial charge in [0.05, 0.1) is 12.8 Å². The van der Waals surface area contributed by atoms with Gasteiger partial charge < -0.3 is 15.8 Å². The van der Waals surface area contributed by atoms with E-state index in [1.54, 1.807) is 19.2 Å². The molecule has 1 aliphatic carbocycles. The number of anilines is 1. The third-order valence-corrected chi connectivity index (χ3v) is 3.58.